The summed E-state index contributed by atoms with van der Waals surface area (Å²) in [5, 5.41) is 4.98. The van der Waals surface area contributed by atoms with Crippen LogP contribution >= 0.6 is 11.3 Å². The molecule has 0 spiro atoms. The minimum Gasteiger partial charge on any atom is -0.306 e. The van der Waals surface area contributed by atoms with Crippen molar-refractivity contribution in [1.82, 2.24) is 10.3 Å². The van der Waals surface area contributed by atoms with Crippen molar-refractivity contribution in [3.63, 3.8) is 0 Å². The van der Waals surface area contributed by atoms with Gasteiger partial charge in [-0.2, -0.15) is 0 Å². The van der Waals surface area contributed by atoms with E-state index < -0.39 is 0 Å². The van der Waals surface area contributed by atoms with Crippen LogP contribution in [0.2, 0.25) is 0 Å². The third kappa shape index (κ3) is 3.33. The monoisotopic (exact) mass is 266 g/mol. The van der Waals surface area contributed by atoms with Crippen molar-refractivity contribution in [1.29, 1.82) is 0 Å². The third-order valence-electron chi connectivity index (χ3n) is 4.01. The number of aromatic nitrogens is 1. The summed E-state index contributed by atoms with van der Waals surface area (Å²) in [5.41, 5.74) is 1.25. The normalized spacial score (nSPS) is 30.4. The zero-order chi connectivity index (χ0) is 13.3. The van der Waals surface area contributed by atoms with E-state index >= 15 is 0 Å². The average molecular weight is 266 g/mol. The van der Waals surface area contributed by atoms with Crippen molar-refractivity contribution < 1.29 is 0 Å². The van der Waals surface area contributed by atoms with Gasteiger partial charge < -0.3 is 5.32 Å². The highest BCUT2D eigenvalue weighted by Crippen LogP contribution is 2.30. The van der Waals surface area contributed by atoms with Gasteiger partial charge in [-0.15, -0.1) is 11.3 Å². The molecule has 2 nitrogen and oxygen atoms in total. The molecule has 3 atom stereocenters. The summed E-state index contributed by atoms with van der Waals surface area (Å²) in [6, 6.07) is 1.05. The Hall–Kier alpha value is -0.410. The molecule has 0 bridgehead atoms. The zero-order valence-electron chi connectivity index (χ0n) is 12.3. The number of aryl methyl sites for hydroxylation is 2. The van der Waals surface area contributed by atoms with Gasteiger partial charge in [-0.25, -0.2) is 4.98 Å². The maximum absolute atomic E-state index is 4.67. The van der Waals surface area contributed by atoms with E-state index in [1.807, 2.05) is 11.3 Å². The van der Waals surface area contributed by atoms with Crippen LogP contribution in [0.1, 0.15) is 61.7 Å². The molecule has 1 aliphatic carbocycles. The van der Waals surface area contributed by atoms with Gasteiger partial charge in [0.25, 0.3) is 0 Å². The van der Waals surface area contributed by atoms with Gasteiger partial charge in [0, 0.05) is 17.0 Å². The fourth-order valence-electron chi connectivity index (χ4n) is 3.46. The number of nitrogens with zero attached hydrogens (tertiary/aromatic N) is 1. The van der Waals surface area contributed by atoms with Gasteiger partial charge >= 0.3 is 0 Å². The van der Waals surface area contributed by atoms with E-state index in [1.165, 1.54) is 34.8 Å². The molecule has 2 rings (SSSR count). The van der Waals surface area contributed by atoms with Gasteiger partial charge in [-0.3, -0.25) is 0 Å². The lowest BCUT2D eigenvalue weighted by Crippen LogP contribution is -2.38. The lowest BCUT2D eigenvalue weighted by Gasteiger charge is -2.33. The van der Waals surface area contributed by atoms with E-state index in [0.29, 0.717) is 12.1 Å². The first-order valence-corrected chi connectivity index (χ1v) is 7.97. The van der Waals surface area contributed by atoms with Gasteiger partial charge in [0.15, 0.2) is 0 Å². The first-order valence-electron chi connectivity index (χ1n) is 7.15. The Balaban J connectivity index is 1.98. The molecule has 1 fully saturated rings. The Kier molecular flexibility index (Phi) is 4.44. The number of hydrogen-bond acceptors (Lipinski definition) is 3. The molecule has 18 heavy (non-hydrogen) atoms. The Labute approximate surface area is 115 Å². The molecule has 0 saturated heterocycles. The largest absolute Gasteiger partial charge is 0.306 e. The van der Waals surface area contributed by atoms with Crippen LogP contribution < -0.4 is 5.32 Å². The van der Waals surface area contributed by atoms with Crippen molar-refractivity contribution in [2.75, 3.05) is 0 Å². The van der Waals surface area contributed by atoms with Crippen LogP contribution in [0.3, 0.4) is 0 Å². The summed E-state index contributed by atoms with van der Waals surface area (Å²) < 4.78 is 0. The average Bonchev–Trinajstić information content (AvgIpc) is 2.56. The molecule has 1 N–H and O–H groups in total. The van der Waals surface area contributed by atoms with E-state index in [-0.39, 0.29) is 0 Å². The Bertz CT molecular complexity index is 389. The van der Waals surface area contributed by atoms with Crippen molar-refractivity contribution in [3.8, 4) is 0 Å². The summed E-state index contributed by atoms with van der Waals surface area (Å²) in [6.07, 6.45) is 4.02. The molecule has 1 aliphatic rings. The molecule has 3 unspecified atom stereocenters. The predicted molar refractivity (Wildman–Crippen MR) is 79.1 cm³/mol. The highest BCUT2D eigenvalue weighted by Gasteiger charge is 2.25. The molecule has 1 heterocycles. The fraction of sp³-hybridized carbons (Fsp3) is 0.800. The van der Waals surface area contributed by atoms with Gasteiger partial charge in [-0.1, -0.05) is 13.8 Å². The van der Waals surface area contributed by atoms with Crippen LogP contribution in [-0.2, 0) is 0 Å². The second-order valence-corrected chi connectivity index (χ2v) is 7.58. The minimum atomic E-state index is 0.387. The molecule has 102 valence electrons. The molecule has 1 aromatic rings. The fourth-order valence-corrected chi connectivity index (χ4v) is 4.38. The van der Waals surface area contributed by atoms with E-state index in [9.17, 15) is 0 Å². The highest BCUT2D eigenvalue weighted by atomic mass is 32.1. The summed E-state index contributed by atoms with van der Waals surface area (Å²) in [4.78, 5) is 6.03. The second-order valence-electron chi connectivity index (χ2n) is 6.18. The lowest BCUT2D eigenvalue weighted by atomic mass is 9.80. The van der Waals surface area contributed by atoms with Crippen molar-refractivity contribution in [3.05, 3.63) is 15.6 Å². The van der Waals surface area contributed by atoms with E-state index in [2.05, 4.69) is 44.9 Å². The van der Waals surface area contributed by atoms with E-state index in [0.717, 1.165) is 11.8 Å². The van der Waals surface area contributed by atoms with Crippen LogP contribution in [0.25, 0.3) is 0 Å². The van der Waals surface area contributed by atoms with Gasteiger partial charge in [0.2, 0.25) is 0 Å². The molecule has 3 heteroatoms. The van der Waals surface area contributed by atoms with Crippen LogP contribution in [-0.4, -0.2) is 11.0 Å². The van der Waals surface area contributed by atoms with Crippen molar-refractivity contribution in [2.45, 2.75) is 66.0 Å². The third-order valence-corrected chi connectivity index (χ3v) is 4.92. The van der Waals surface area contributed by atoms with Crippen molar-refractivity contribution in [2.24, 2.45) is 11.8 Å². The summed E-state index contributed by atoms with van der Waals surface area (Å²) in [7, 11) is 0. The number of rotatable bonds is 3. The van der Waals surface area contributed by atoms with E-state index in [4.69, 9.17) is 0 Å². The molecule has 0 aromatic carbocycles. The molecular formula is C15H26N2S. The topological polar surface area (TPSA) is 24.9 Å². The quantitative estimate of drug-likeness (QED) is 0.885. The minimum absolute atomic E-state index is 0.387. The number of nitrogens with one attached hydrogen (secondary N) is 1. The lowest BCUT2D eigenvalue weighted by molar-refractivity contribution is 0.227. The Morgan fingerprint density at radius 2 is 1.78 bits per heavy atom. The summed E-state index contributed by atoms with van der Waals surface area (Å²) >= 11 is 1.81. The summed E-state index contributed by atoms with van der Waals surface area (Å²) in [5.74, 6) is 1.72. The predicted octanol–water partition coefficient (Wildman–Crippen LogP) is 4.24. The molecule has 0 radical (unpaired) electrons. The van der Waals surface area contributed by atoms with Crippen molar-refractivity contribution >= 4 is 11.3 Å². The second kappa shape index (κ2) is 5.70. The molecule has 0 amide bonds. The maximum Gasteiger partial charge on any atom is 0.0900 e. The van der Waals surface area contributed by atoms with E-state index in [1.54, 1.807) is 0 Å². The first kappa shape index (κ1) is 14.0. The van der Waals surface area contributed by atoms with Crippen LogP contribution in [0.15, 0.2) is 0 Å². The zero-order valence-corrected chi connectivity index (χ0v) is 13.1. The standard InChI is InChI=1S/C15H26N2S/c1-9-6-10(2)8-14(7-9)16-11(3)15-12(4)18-13(5)17-15/h9-11,14,16H,6-8H2,1-5H3. The number of hydrogen-bond donors (Lipinski definition) is 1. The molecule has 0 aliphatic heterocycles. The van der Waals surface area contributed by atoms with Crippen LogP contribution in [0, 0.1) is 25.7 Å². The van der Waals surface area contributed by atoms with Gasteiger partial charge in [0.1, 0.15) is 0 Å². The van der Waals surface area contributed by atoms with Crippen LogP contribution in [0.5, 0.6) is 0 Å². The van der Waals surface area contributed by atoms with Gasteiger partial charge in [0.05, 0.1) is 10.7 Å². The first-order chi connectivity index (χ1) is 8.45. The SMILES string of the molecule is Cc1nc(C(C)NC2CC(C)CC(C)C2)c(C)s1. The number of thiazole rings is 1. The Morgan fingerprint density at radius 1 is 1.17 bits per heavy atom. The van der Waals surface area contributed by atoms with Crippen LogP contribution in [0.4, 0.5) is 0 Å². The maximum atomic E-state index is 4.67. The highest BCUT2D eigenvalue weighted by molar-refractivity contribution is 7.11. The summed E-state index contributed by atoms with van der Waals surface area (Å²) in [6.45, 7) is 11.3. The molecule has 1 saturated carbocycles. The smallest absolute Gasteiger partial charge is 0.0900 e. The molecule has 1 aromatic heterocycles. The Morgan fingerprint density at radius 3 is 2.28 bits per heavy atom. The molecular weight excluding hydrogens is 240 g/mol. The van der Waals surface area contributed by atoms with Gasteiger partial charge in [-0.05, 0) is 51.9 Å².